The maximum Gasteiger partial charge on any atom is 0.153 e. The molecule has 0 aromatic carbocycles. The second-order valence-electron chi connectivity index (χ2n) is 3.79. The number of aromatic nitrogens is 3. The van der Waals surface area contributed by atoms with E-state index in [-0.39, 0.29) is 0 Å². The van der Waals surface area contributed by atoms with E-state index >= 15 is 0 Å². The molecule has 0 spiro atoms. The maximum absolute atomic E-state index is 5.29. The molecule has 1 fully saturated rings. The number of H-pyrrole nitrogens is 1. The zero-order valence-electron chi connectivity index (χ0n) is 8.08. The summed E-state index contributed by atoms with van der Waals surface area (Å²) in [5.74, 6) is 2.72. The van der Waals surface area contributed by atoms with E-state index in [0.717, 1.165) is 31.3 Å². The van der Waals surface area contributed by atoms with Crippen LogP contribution >= 0.6 is 0 Å². The van der Waals surface area contributed by atoms with Crippen LogP contribution in [-0.2, 0) is 4.74 Å². The van der Waals surface area contributed by atoms with Crippen LogP contribution < -0.4 is 0 Å². The van der Waals surface area contributed by atoms with Crippen molar-refractivity contribution in [1.29, 1.82) is 0 Å². The molecular formula is C9H15N3O. The Morgan fingerprint density at radius 1 is 1.54 bits per heavy atom. The molecule has 1 saturated heterocycles. The Hall–Kier alpha value is -0.900. The van der Waals surface area contributed by atoms with Crippen molar-refractivity contribution in [3.05, 3.63) is 11.6 Å². The first-order valence-corrected chi connectivity index (χ1v) is 4.77. The van der Waals surface area contributed by atoms with E-state index in [2.05, 4.69) is 29.0 Å². The van der Waals surface area contributed by atoms with E-state index in [1.807, 2.05) is 0 Å². The third-order valence-corrected chi connectivity index (χ3v) is 2.35. The van der Waals surface area contributed by atoms with Crippen molar-refractivity contribution in [2.45, 2.75) is 32.1 Å². The number of hydrogen-bond donors (Lipinski definition) is 1. The molecule has 1 N–H and O–H groups in total. The van der Waals surface area contributed by atoms with Crippen molar-refractivity contribution in [2.75, 3.05) is 13.2 Å². The molecule has 0 aliphatic carbocycles. The van der Waals surface area contributed by atoms with Crippen LogP contribution in [0.15, 0.2) is 0 Å². The number of rotatable bonds is 2. The van der Waals surface area contributed by atoms with Crippen LogP contribution in [0.2, 0.25) is 0 Å². The lowest BCUT2D eigenvalue weighted by molar-refractivity contribution is 0.193. The highest BCUT2D eigenvalue weighted by atomic mass is 16.5. The standard InChI is InChI=1S/C9H15N3O/c1-6(2)8-10-9(12-11-8)7-3-4-13-5-7/h6-7H,3-5H2,1-2H3,(H,10,11,12). The summed E-state index contributed by atoms with van der Waals surface area (Å²) in [5.41, 5.74) is 0. The highest BCUT2D eigenvalue weighted by Gasteiger charge is 2.21. The van der Waals surface area contributed by atoms with Crippen LogP contribution in [0.25, 0.3) is 0 Å². The minimum Gasteiger partial charge on any atom is -0.381 e. The average Bonchev–Trinajstić information content (AvgIpc) is 2.75. The van der Waals surface area contributed by atoms with Crippen molar-refractivity contribution < 1.29 is 4.74 Å². The fraction of sp³-hybridized carbons (Fsp3) is 0.778. The minimum atomic E-state index is 0.396. The molecule has 1 aliphatic heterocycles. The average molecular weight is 181 g/mol. The molecule has 0 bridgehead atoms. The smallest absolute Gasteiger partial charge is 0.153 e. The van der Waals surface area contributed by atoms with Gasteiger partial charge in [-0.3, -0.25) is 5.10 Å². The Labute approximate surface area is 77.7 Å². The Kier molecular flexibility index (Phi) is 2.31. The van der Waals surface area contributed by atoms with Gasteiger partial charge in [0.1, 0.15) is 5.82 Å². The molecule has 0 radical (unpaired) electrons. The van der Waals surface area contributed by atoms with Crippen LogP contribution in [0.5, 0.6) is 0 Å². The van der Waals surface area contributed by atoms with Crippen LogP contribution in [0.4, 0.5) is 0 Å². The molecule has 2 rings (SSSR count). The van der Waals surface area contributed by atoms with E-state index in [9.17, 15) is 0 Å². The van der Waals surface area contributed by atoms with Gasteiger partial charge < -0.3 is 4.74 Å². The van der Waals surface area contributed by atoms with Crippen LogP contribution in [0.3, 0.4) is 0 Å². The summed E-state index contributed by atoms with van der Waals surface area (Å²) in [5, 5.41) is 7.16. The lowest BCUT2D eigenvalue weighted by Gasteiger charge is -2.00. The molecule has 2 heterocycles. The highest BCUT2D eigenvalue weighted by Crippen LogP contribution is 2.22. The van der Waals surface area contributed by atoms with Gasteiger partial charge in [0.2, 0.25) is 0 Å². The summed E-state index contributed by atoms with van der Waals surface area (Å²) in [7, 11) is 0. The predicted octanol–water partition coefficient (Wildman–Crippen LogP) is 1.43. The minimum absolute atomic E-state index is 0.396. The fourth-order valence-corrected chi connectivity index (χ4v) is 1.48. The van der Waals surface area contributed by atoms with Crippen molar-refractivity contribution in [2.24, 2.45) is 0 Å². The number of ether oxygens (including phenoxy) is 1. The van der Waals surface area contributed by atoms with Gasteiger partial charge >= 0.3 is 0 Å². The Morgan fingerprint density at radius 2 is 2.38 bits per heavy atom. The SMILES string of the molecule is CC(C)c1n[nH]c(C2CCOC2)n1. The number of aromatic amines is 1. The zero-order valence-corrected chi connectivity index (χ0v) is 8.08. The van der Waals surface area contributed by atoms with Gasteiger partial charge in [0, 0.05) is 18.4 Å². The van der Waals surface area contributed by atoms with Crippen LogP contribution in [-0.4, -0.2) is 28.4 Å². The van der Waals surface area contributed by atoms with Gasteiger partial charge in [0.05, 0.1) is 6.61 Å². The maximum atomic E-state index is 5.29. The first-order valence-electron chi connectivity index (χ1n) is 4.77. The molecule has 1 aromatic rings. The summed E-state index contributed by atoms with van der Waals surface area (Å²) in [6.07, 6.45) is 1.06. The van der Waals surface area contributed by atoms with E-state index in [4.69, 9.17) is 4.74 Å². The molecule has 1 unspecified atom stereocenters. The molecule has 1 aromatic heterocycles. The van der Waals surface area contributed by atoms with Gasteiger partial charge in [-0.15, -0.1) is 0 Å². The lowest BCUT2D eigenvalue weighted by atomic mass is 10.1. The van der Waals surface area contributed by atoms with Gasteiger partial charge in [-0.05, 0) is 6.42 Å². The third-order valence-electron chi connectivity index (χ3n) is 2.35. The molecule has 4 heteroatoms. The van der Waals surface area contributed by atoms with E-state index in [0.29, 0.717) is 11.8 Å². The van der Waals surface area contributed by atoms with Crippen LogP contribution in [0.1, 0.15) is 43.8 Å². The summed E-state index contributed by atoms with van der Waals surface area (Å²) in [6.45, 7) is 5.82. The largest absolute Gasteiger partial charge is 0.381 e. The van der Waals surface area contributed by atoms with E-state index in [1.54, 1.807) is 0 Å². The second kappa shape index (κ2) is 3.46. The molecule has 72 valence electrons. The van der Waals surface area contributed by atoms with Gasteiger partial charge in [-0.2, -0.15) is 5.10 Å². The number of nitrogens with one attached hydrogen (secondary N) is 1. The topological polar surface area (TPSA) is 50.8 Å². The van der Waals surface area contributed by atoms with Gasteiger partial charge in [0.25, 0.3) is 0 Å². The van der Waals surface area contributed by atoms with Crippen molar-refractivity contribution in [1.82, 2.24) is 15.2 Å². The number of nitrogens with zero attached hydrogens (tertiary/aromatic N) is 2. The molecule has 0 saturated carbocycles. The van der Waals surface area contributed by atoms with Gasteiger partial charge in [-0.25, -0.2) is 4.98 Å². The first kappa shape index (κ1) is 8.69. The summed E-state index contributed by atoms with van der Waals surface area (Å²) in [6, 6.07) is 0. The van der Waals surface area contributed by atoms with Crippen LogP contribution in [0, 0.1) is 0 Å². The second-order valence-corrected chi connectivity index (χ2v) is 3.79. The molecule has 4 nitrogen and oxygen atoms in total. The Bertz CT molecular complexity index is 276. The van der Waals surface area contributed by atoms with Crippen molar-refractivity contribution >= 4 is 0 Å². The molecule has 13 heavy (non-hydrogen) atoms. The van der Waals surface area contributed by atoms with Gasteiger partial charge in [0.15, 0.2) is 5.82 Å². The van der Waals surface area contributed by atoms with Crippen molar-refractivity contribution in [3.8, 4) is 0 Å². The first-order chi connectivity index (χ1) is 6.27. The quantitative estimate of drug-likeness (QED) is 0.751. The molecular weight excluding hydrogens is 166 g/mol. The fourth-order valence-electron chi connectivity index (χ4n) is 1.48. The molecule has 1 aliphatic rings. The highest BCUT2D eigenvalue weighted by molar-refractivity contribution is 5.01. The molecule has 1 atom stereocenters. The molecule has 0 amide bonds. The summed E-state index contributed by atoms with van der Waals surface area (Å²) >= 11 is 0. The number of hydrogen-bond acceptors (Lipinski definition) is 3. The van der Waals surface area contributed by atoms with Gasteiger partial charge in [-0.1, -0.05) is 13.8 Å². The van der Waals surface area contributed by atoms with Crippen molar-refractivity contribution in [3.63, 3.8) is 0 Å². The Balaban J connectivity index is 2.12. The lowest BCUT2D eigenvalue weighted by Crippen LogP contribution is -2.00. The monoisotopic (exact) mass is 181 g/mol. The summed E-state index contributed by atoms with van der Waals surface area (Å²) in [4.78, 5) is 4.45. The normalized spacial score (nSPS) is 22.8. The third kappa shape index (κ3) is 1.72. The zero-order chi connectivity index (χ0) is 9.26. The van der Waals surface area contributed by atoms with E-state index in [1.165, 1.54) is 0 Å². The predicted molar refractivity (Wildman–Crippen MR) is 48.6 cm³/mol. The van der Waals surface area contributed by atoms with E-state index < -0.39 is 0 Å². The summed E-state index contributed by atoms with van der Waals surface area (Å²) < 4.78 is 5.29. The Morgan fingerprint density at radius 3 is 2.92 bits per heavy atom.